The normalized spacial score (nSPS) is 24.0. The number of hydrazine groups is 5. The van der Waals surface area contributed by atoms with E-state index in [9.17, 15) is 0 Å². The summed E-state index contributed by atoms with van der Waals surface area (Å²) in [6.07, 6.45) is 6.36. The number of hydrogen-bond donors (Lipinski definition) is 6. The van der Waals surface area contributed by atoms with E-state index in [0.717, 1.165) is 13.1 Å². The highest BCUT2D eigenvalue weighted by atomic mass is 15.8. The van der Waals surface area contributed by atoms with Crippen LogP contribution < -0.4 is 33.0 Å². The average Bonchev–Trinajstić information content (AvgIpc) is 2.18. The molecular formula is C7H20N6. The fourth-order valence-electron chi connectivity index (χ4n) is 1.23. The van der Waals surface area contributed by atoms with Crippen molar-refractivity contribution in [2.24, 2.45) is 0 Å². The maximum Gasteiger partial charge on any atom is 0.0113 e. The van der Waals surface area contributed by atoms with Gasteiger partial charge in [0.05, 0.1) is 0 Å². The zero-order valence-electron chi connectivity index (χ0n) is 7.95. The Balaban J connectivity index is 2.01. The minimum absolute atomic E-state index is 0.988. The second-order valence-corrected chi connectivity index (χ2v) is 3.12. The van der Waals surface area contributed by atoms with Crippen molar-refractivity contribution in [3.05, 3.63) is 0 Å². The number of nitrogens with one attached hydrogen (secondary N) is 6. The van der Waals surface area contributed by atoms with E-state index in [0.29, 0.717) is 0 Å². The average molecular weight is 188 g/mol. The van der Waals surface area contributed by atoms with Gasteiger partial charge in [-0.2, -0.15) is 22.1 Å². The molecule has 1 saturated heterocycles. The van der Waals surface area contributed by atoms with E-state index in [2.05, 4.69) is 33.0 Å². The monoisotopic (exact) mass is 188 g/mol. The van der Waals surface area contributed by atoms with Gasteiger partial charge in [0.15, 0.2) is 0 Å². The van der Waals surface area contributed by atoms with Gasteiger partial charge in [0, 0.05) is 13.1 Å². The van der Waals surface area contributed by atoms with Gasteiger partial charge >= 0.3 is 0 Å². The van der Waals surface area contributed by atoms with Gasteiger partial charge in [-0.05, 0) is 12.8 Å². The highest BCUT2D eigenvalue weighted by Gasteiger charge is 1.92. The minimum atomic E-state index is 0.988. The van der Waals surface area contributed by atoms with E-state index in [4.69, 9.17) is 0 Å². The lowest BCUT2D eigenvalue weighted by atomic mass is 10.1. The molecule has 78 valence electrons. The summed E-state index contributed by atoms with van der Waals surface area (Å²) in [4.78, 5) is 0. The molecule has 0 saturated carbocycles. The van der Waals surface area contributed by atoms with Crippen molar-refractivity contribution in [2.75, 3.05) is 13.1 Å². The maximum absolute atomic E-state index is 3.03. The van der Waals surface area contributed by atoms with Crippen LogP contribution in [-0.4, -0.2) is 13.1 Å². The predicted molar refractivity (Wildman–Crippen MR) is 51.6 cm³/mol. The molecule has 1 fully saturated rings. The first kappa shape index (κ1) is 10.8. The van der Waals surface area contributed by atoms with Gasteiger partial charge in [-0.3, -0.25) is 0 Å². The van der Waals surface area contributed by atoms with E-state index in [1.165, 1.54) is 32.1 Å². The molecule has 0 amide bonds. The van der Waals surface area contributed by atoms with Gasteiger partial charge in [0.1, 0.15) is 0 Å². The van der Waals surface area contributed by atoms with Crippen LogP contribution in [0, 0.1) is 0 Å². The molecule has 0 aromatic carbocycles. The Morgan fingerprint density at radius 1 is 0.462 bits per heavy atom. The smallest absolute Gasteiger partial charge is 0.0113 e. The molecule has 1 aliphatic heterocycles. The maximum atomic E-state index is 3.03. The zero-order valence-corrected chi connectivity index (χ0v) is 7.95. The van der Waals surface area contributed by atoms with Crippen LogP contribution in [-0.2, 0) is 0 Å². The number of hydrogen-bond acceptors (Lipinski definition) is 6. The molecule has 0 aliphatic carbocycles. The van der Waals surface area contributed by atoms with Crippen LogP contribution in [0.1, 0.15) is 32.1 Å². The first-order valence-corrected chi connectivity index (χ1v) is 4.96. The third-order valence-corrected chi connectivity index (χ3v) is 1.97. The second-order valence-electron chi connectivity index (χ2n) is 3.12. The first-order valence-electron chi connectivity index (χ1n) is 4.96. The van der Waals surface area contributed by atoms with Crippen LogP contribution in [0.15, 0.2) is 0 Å². The van der Waals surface area contributed by atoms with Crippen molar-refractivity contribution in [1.29, 1.82) is 0 Å². The molecule has 6 N–H and O–H groups in total. The van der Waals surface area contributed by atoms with Crippen LogP contribution in [0.25, 0.3) is 0 Å². The molecule has 0 spiro atoms. The van der Waals surface area contributed by atoms with E-state index < -0.39 is 0 Å². The van der Waals surface area contributed by atoms with Gasteiger partial charge in [0.2, 0.25) is 0 Å². The highest BCUT2D eigenvalue weighted by Crippen LogP contribution is 2.00. The molecule has 1 rings (SSSR count). The molecule has 0 radical (unpaired) electrons. The van der Waals surface area contributed by atoms with Gasteiger partial charge < -0.3 is 0 Å². The standard InChI is InChI=1S/C7H20N6/c1-2-4-6-8-10-12-13-11-9-7-5-3-1/h8-13H,1-7H2. The summed E-state index contributed by atoms with van der Waals surface area (Å²) in [6.45, 7) is 1.98. The van der Waals surface area contributed by atoms with Gasteiger partial charge in [0.25, 0.3) is 0 Å². The summed E-state index contributed by atoms with van der Waals surface area (Å²) in [5, 5.41) is 0. The lowest BCUT2D eigenvalue weighted by Crippen LogP contribution is -2.58. The van der Waals surface area contributed by atoms with Crippen molar-refractivity contribution >= 4 is 0 Å². The van der Waals surface area contributed by atoms with E-state index >= 15 is 0 Å². The quantitative estimate of drug-likeness (QED) is 0.295. The number of rotatable bonds is 0. The van der Waals surface area contributed by atoms with Gasteiger partial charge in [-0.25, -0.2) is 10.9 Å². The lowest BCUT2D eigenvalue weighted by molar-refractivity contribution is 0.295. The molecule has 6 heteroatoms. The predicted octanol–water partition coefficient (Wildman–Crippen LogP) is -0.937. The third-order valence-electron chi connectivity index (χ3n) is 1.97. The molecule has 13 heavy (non-hydrogen) atoms. The van der Waals surface area contributed by atoms with E-state index in [1.807, 2.05) is 0 Å². The lowest BCUT2D eigenvalue weighted by Gasteiger charge is -2.10. The van der Waals surface area contributed by atoms with Crippen molar-refractivity contribution in [3.8, 4) is 0 Å². The first-order chi connectivity index (χ1) is 6.50. The Labute approximate surface area is 79.1 Å². The summed E-state index contributed by atoms with van der Waals surface area (Å²) in [6, 6.07) is 0. The highest BCUT2D eigenvalue weighted by molar-refractivity contribution is 4.48. The molecule has 0 aromatic rings. The van der Waals surface area contributed by atoms with E-state index in [-0.39, 0.29) is 0 Å². The molecule has 0 unspecified atom stereocenters. The summed E-state index contributed by atoms with van der Waals surface area (Å²) in [7, 11) is 0. The topological polar surface area (TPSA) is 72.2 Å². The molecule has 1 aliphatic rings. The zero-order chi connectivity index (χ0) is 9.19. The third kappa shape index (κ3) is 6.88. The van der Waals surface area contributed by atoms with Crippen molar-refractivity contribution in [3.63, 3.8) is 0 Å². The second kappa shape index (κ2) is 8.36. The van der Waals surface area contributed by atoms with Crippen molar-refractivity contribution in [1.82, 2.24) is 33.0 Å². The summed E-state index contributed by atoms with van der Waals surface area (Å²) in [5.41, 5.74) is 17.2. The van der Waals surface area contributed by atoms with Crippen molar-refractivity contribution in [2.45, 2.75) is 32.1 Å². The molecular weight excluding hydrogens is 168 g/mol. The van der Waals surface area contributed by atoms with E-state index in [1.54, 1.807) is 0 Å². The van der Waals surface area contributed by atoms with Gasteiger partial charge in [-0.15, -0.1) is 0 Å². The van der Waals surface area contributed by atoms with Gasteiger partial charge in [-0.1, -0.05) is 19.3 Å². The van der Waals surface area contributed by atoms with Crippen LogP contribution >= 0.6 is 0 Å². The summed E-state index contributed by atoms with van der Waals surface area (Å²) in [5.74, 6) is 0. The van der Waals surface area contributed by atoms with Crippen LogP contribution in [0.5, 0.6) is 0 Å². The minimum Gasteiger partial charge on any atom is -0.243 e. The summed E-state index contributed by atoms with van der Waals surface area (Å²) >= 11 is 0. The fourth-order valence-corrected chi connectivity index (χ4v) is 1.23. The molecule has 0 aromatic heterocycles. The van der Waals surface area contributed by atoms with Crippen LogP contribution in [0.4, 0.5) is 0 Å². The summed E-state index contributed by atoms with van der Waals surface area (Å²) < 4.78 is 0. The SMILES string of the molecule is C1CCCNNNNNNCCC1. The Morgan fingerprint density at radius 3 is 1.46 bits per heavy atom. The Morgan fingerprint density at radius 2 is 0.923 bits per heavy atom. The molecule has 0 atom stereocenters. The Hall–Kier alpha value is -0.240. The largest absolute Gasteiger partial charge is 0.243 e. The molecule has 6 nitrogen and oxygen atoms in total. The van der Waals surface area contributed by atoms with Crippen molar-refractivity contribution < 1.29 is 0 Å². The van der Waals surface area contributed by atoms with Crippen LogP contribution in [0.3, 0.4) is 0 Å². The Bertz CT molecular complexity index is 61.1. The molecule has 0 bridgehead atoms. The van der Waals surface area contributed by atoms with Crippen LogP contribution in [0.2, 0.25) is 0 Å². The fraction of sp³-hybridized carbons (Fsp3) is 1.00. The Kier molecular flexibility index (Phi) is 6.97. The molecule has 1 heterocycles.